The van der Waals surface area contributed by atoms with Crippen LogP contribution in [-0.2, 0) is 4.74 Å². The number of amidine groups is 1. The Hall–Kier alpha value is -1.55. The van der Waals surface area contributed by atoms with Crippen LogP contribution in [-0.4, -0.2) is 19.7 Å². The molecule has 76 valence electrons. The molecule has 0 radical (unpaired) electrons. The van der Waals surface area contributed by atoms with E-state index in [-0.39, 0.29) is 12.6 Å². The van der Waals surface area contributed by atoms with Crippen molar-refractivity contribution < 1.29 is 9.47 Å². The predicted molar refractivity (Wildman–Crippen MR) is 54.7 cm³/mol. The number of nitrogens with one attached hydrogen (secondary N) is 1. The normalized spacial score (nSPS) is 9.86. The zero-order chi connectivity index (χ0) is 10.6. The van der Waals surface area contributed by atoms with Gasteiger partial charge in [0.2, 0.25) is 0 Å². The van der Waals surface area contributed by atoms with Crippen LogP contribution in [0.4, 0.5) is 0 Å². The molecule has 0 spiro atoms. The van der Waals surface area contributed by atoms with Crippen molar-refractivity contribution in [2.75, 3.05) is 13.9 Å². The molecule has 0 saturated heterocycles. The number of hydrogen-bond donors (Lipinski definition) is 2. The maximum absolute atomic E-state index is 7.27. The summed E-state index contributed by atoms with van der Waals surface area (Å²) in [4.78, 5) is 0. The third kappa shape index (κ3) is 2.47. The Morgan fingerprint density at radius 1 is 1.50 bits per heavy atom. The molecule has 1 aromatic rings. The van der Waals surface area contributed by atoms with Crippen molar-refractivity contribution in [1.82, 2.24) is 0 Å². The van der Waals surface area contributed by atoms with E-state index in [1.54, 1.807) is 19.2 Å². The van der Waals surface area contributed by atoms with Gasteiger partial charge < -0.3 is 15.2 Å². The fraction of sp³-hybridized carbons (Fsp3) is 0.300. The van der Waals surface area contributed by atoms with Crippen molar-refractivity contribution >= 4 is 5.84 Å². The summed E-state index contributed by atoms with van der Waals surface area (Å²) < 4.78 is 10.1. The molecule has 0 aliphatic carbocycles. The number of aryl methyl sites for hydroxylation is 1. The van der Waals surface area contributed by atoms with E-state index in [2.05, 4.69) is 0 Å². The quantitative estimate of drug-likeness (QED) is 0.430. The molecule has 1 aromatic carbocycles. The molecule has 4 heteroatoms. The van der Waals surface area contributed by atoms with E-state index in [0.717, 1.165) is 5.56 Å². The summed E-state index contributed by atoms with van der Waals surface area (Å²) in [5.41, 5.74) is 7.00. The topological polar surface area (TPSA) is 68.3 Å². The molecule has 0 saturated carbocycles. The molecule has 0 aliphatic heterocycles. The highest BCUT2D eigenvalue weighted by Crippen LogP contribution is 2.19. The lowest BCUT2D eigenvalue weighted by molar-refractivity contribution is 0.0506. The fourth-order valence-electron chi connectivity index (χ4n) is 1.05. The summed E-state index contributed by atoms with van der Waals surface area (Å²) in [6.07, 6.45) is 0. The lowest BCUT2D eigenvalue weighted by atomic mass is 10.1. The van der Waals surface area contributed by atoms with Crippen molar-refractivity contribution in [3.05, 3.63) is 29.3 Å². The van der Waals surface area contributed by atoms with Crippen molar-refractivity contribution in [2.45, 2.75) is 6.92 Å². The average Bonchev–Trinajstić information content (AvgIpc) is 2.16. The van der Waals surface area contributed by atoms with E-state index in [1.165, 1.54) is 0 Å². The van der Waals surface area contributed by atoms with E-state index in [1.807, 2.05) is 13.0 Å². The highest BCUT2D eigenvalue weighted by molar-refractivity contribution is 5.95. The van der Waals surface area contributed by atoms with Gasteiger partial charge in [0.15, 0.2) is 6.79 Å². The number of benzene rings is 1. The van der Waals surface area contributed by atoms with Gasteiger partial charge in [0.1, 0.15) is 11.6 Å². The number of ether oxygens (including phenoxy) is 2. The second kappa shape index (κ2) is 4.62. The minimum atomic E-state index is 0.0345. The van der Waals surface area contributed by atoms with Gasteiger partial charge in [-0.25, -0.2) is 0 Å². The Balaban J connectivity index is 2.90. The highest BCUT2D eigenvalue weighted by Gasteiger charge is 2.02. The van der Waals surface area contributed by atoms with Gasteiger partial charge in [-0.05, 0) is 18.6 Å². The lowest BCUT2D eigenvalue weighted by Crippen LogP contribution is -2.11. The Morgan fingerprint density at radius 2 is 2.21 bits per heavy atom. The van der Waals surface area contributed by atoms with Gasteiger partial charge in [-0.3, -0.25) is 5.41 Å². The summed E-state index contributed by atoms with van der Waals surface area (Å²) in [6, 6.07) is 5.38. The van der Waals surface area contributed by atoms with Crippen LogP contribution in [0.25, 0.3) is 0 Å². The first kappa shape index (κ1) is 10.5. The second-order valence-electron chi connectivity index (χ2n) is 2.94. The average molecular weight is 194 g/mol. The van der Waals surface area contributed by atoms with Gasteiger partial charge in [-0.1, -0.05) is 12.1 Å². The largest absolute Gasteiger partial charge is 0.467 e. The van der Waals surface area contributed by atoms with Crippen molar-refractivity contribution in [3.63, 3.8) is 0 Å². The molecule has 4 nitrogen and oxygen atoms in total. The van der Waals surface area contributed by atoms with Crippen molar-refractivity contribution in [1.29, 1.82) is 5.41 Å². The smallest absolute Gasteiger partial charge is 0.188 e. The minimum absolute atomic E-state index is 0.0345. The number of nitrogens with two attached hydrogens (primary N) is 1. The molecule has 0 bridgehead atoms. The summed E-state index contributed by atoms with van der Waals surface area (Å²) in [6.45, 7) is 2.12. The fourth-order valence-corrected chi connectivity index (χ4v) is 1.05. The van der Waals surface area contributed by atoms with E-state index in [9.17, 15) is 0 Å². The SMILES string of the molecule is COCOc1cc(C(=N)N)ccc1C. The van der Waals surface area contributed by atoms with E-state index in [4.69, 9.17) is 20.6 Å². The first-order chi connectivity index (χ1) is 6.65. The molecule has 0 heterocycles. The van der Waals surface area contributed by atoms with Crippen LogP contribution in [0.15, 0.2) is 18.2 Å². The standard InChI is InChI=1S/C10H14N2O2/c1-7-3-4-8(10(11)12)5-9(7)14-6-13-2/h3-5H,6H2,1-2H3,(H3,11,12). The van der Waals surface area contributed by atoms with Crippen LogP contribution in [0.5, 0.6) is 5.75 Å². The van der Waals surface area contributed by atoms with Gasteiger partial charge >= 0.3 is 0 Å². The summed E-state index contributed by atoms with van der Waals surface area (Å²) in [5, 5.41) is 7.27. The summed E-state index contributed by atoms with van der Waals surface area (Å²) in [5.74, 6) is 0.729. The maximum atomic E-state index is 7.27. The van der Waals surface area contributed by atoms with Crippen molar-refractivity contribution in [2.24, 2.45) is 5.73 Å². The molecule has 0 aromatic heterocycles. The van der Waals surface area contributed by atoms with Gasteiger partial charge in [0, 0.05) is 12.7 Å². The Kier molecular flexibility index (Phi) is 3.48. The van der Waals surface area contributed by atoms with Gasteiger partial charge in [0.05, 0.1) is 0 Å². The maximum Gasteiger partial charge on any atom is 0.188 e. The van der Waals surface area contributed by atoms with Crippen LogP contribution in [0.1, 0.15) is 11.1 Å². The zero-order valence-corrected chi connectivity index (χ0v) is 8.33. The van der Waals surface area contributed by atoms with Crippen LogP contribution in [0.3, 0.4) is 0 Å². The van der Waals surface area contributed by atoms with E-state index >= 15 is 0 Å². The van der Waals surface area contributed by atoms with Crippen molar-refractivity contribution in [3.8, 4) is 5.75 Å². The van der Waals surface area contributed by atoms with Gasteiger partial charge in [0.25, 0.3) is 0 Å². The molecule has 1 rings (SSSR count). The number of hydrogen-bond acceptors (Lipinski definition) is 3. The Labute approximate surface area is 83.1 Å². The summed E-state index contributed by atoms with van der Waals surface area (Å²) >= 11 is 0. The Morgan fingerprint density at radius 3 is 2.79 bits per heavy atom. The molecule has 0 amide bonds. The molecule has 0 aliphatic rings. The number of methoxy groups -OCH3 is 1. The second-order valence-corrected chi connectivity index (χ2v) is 2.94. The molecular formula is C10H14N2O2. The lowest BCUT2D eigenvalue weighted by Gasteiger charge is -2.09. The molecular weight excluding hydrogens is 180 g/mol. The van der Waals surface area contributed by atoms with Crippen LogP contribution in [0, 0.1) is 12.3 Å². The molecule has 0 atom stereocenters. The number of nitrogen functional groups attached to an aromatic ring is 1. The predicted octanol–water partition coefficient (Wildman–Crippen LogP) is 1.26. The molecule has 3 N–H and O–H groups in total. The van der Waals surface area contributed by atoms with Crippen LogP contribution in [0.2, 0.25) is 0 Å². The van der Waals surface area contributed by atoms with Gasteiger partial charge in [-0.15, -0.1) is 0 Å². The summed E-state index contributed by atoms with van der Waals surface area (Å²) in [7, 11) is 1.56. The number of rotatable bonds is 4. The minimum Gasteiger partial charge on any atom is -0.467 e. The third-order valence-electron chi connectivity index (χ3n) is 1.83. The molecule has 0 fully saturated rings. The van der Waals surface area contributed by atoms with Gasteiger partial charge in [-0.2, -0.15) is 0 Å². The third-order valence-corrected chi connectivity index (χ3v) is 1.83. The molecule has 0 unspecified atom stereocenters. The zero-order valence-electron chi connectivity index (χ0n) is 8.33. The highest BCUT2D eigenvalue weighted by atomic mass is 16.7. The first-order valence-electron chi connectivity index (χ1n) is 4.22. The Bertz CT molecular complexity index is 337. The molecule has 14 heavy (non-hydrogen) atoms. The van der Waals surface area contributed by atoms with E-state index in [0.29, 0.717) is 11.3 Å². The van der Waals surface area contributed by atoms with E-state index < -0.39 is 0 Å². The van der Waals surface area contributed by atoms with Crippen LogP contribution >= 0.6 is 0 Å². The monoisotopic (exact) mass is 194 g/mol. The van der Waals surface area contributed by atoms with Crippen LogP contribution < -0.4 is 10.5 Å². The first-order valence-corrected chi connectivity index (χ1v) is 4.22.